The van der Waals surface area contributed by atoms with Crippen molar-refractivity contribution in [3.63, 3.8) is 0 Å². The molecule has 5 heteroatoms. The number of carbonyl (C=O) groups excluding carboxylic acids is 2. The first kappa shape index (κ1) is 15.0. The van der Waals surface area contributed by atoms with E-state index in [-0.39, 0.29) is 29.6 Å². The van der Waals surface area contributed by atoms with Crippen molar-refractivity contribution in [2.45, 2.75) is 26.7 Å². The van der Waals surface area contributed by atoms with Crippen molar-refractivity contribution >= 4 is 11.9 Å². The second kappa shape index (κ2) is 7.41. The van der Waals surface area contributed by atoms with Crippen LogP contribution in [0.5, 0.6) is 5.75 Å². The van der Waals surface area contributed by atoms with Crippen LogP contribution in [-0.2, 0) is 9.53 Å². The zero-order valence-electron chi connectivity index (χ0n) is 11.2. The summed E-state index contributed by atoms with van der Waals surface area (Å²) in [5, 5.41) is 12.3. The zero-order valence-corrected chi connectivity index (χ0v) is 11.2. The third-order valence-electron chi connectivity index (χ3n) is 2.55. The number of carbonyl (C=O) groups is 2. The molecule has 1 rings (SSSR count). The number of phenols is 1. The van der Waals surface area contributed by atoms with E-state index < -0.39 is 0 Å². The molecule has 19 heavy (non-hydrogen) atoms. The van der Waals surface area contributed by atoms with Crippen LogP contribution in [0.25, 0.3) is 0 Å². The average molecular weight is 265 g/mol. The highest BCUT2D eigenvalue weighted by atomic mass is 16.5. The van der Waals surface area contributed by atoms with Crippen LogP contribution in [0, 0.1) is 6.92 Å². The van der Waals surface area contributed by atoms with Crippen molar-refractivity contribution < 1.29 is 19.4 Å². The highest BCUT2D eigenvalue weighted by Gasteiger charge is 2.10. The van der Waals surface area contributed by atoms with Crippen molar-refractivity contribution in [3.8, 4) is 5.75 Å². The molecule has 0 aliphatic carbocycles. The normalized spacial score (nSPS) is 10.0. The molecule has 5 nitrogen and oxygen atoms in total. The number of aryl methyl sites for hydroxylation is 1. The van der Waals surface area contributed by atoms with Crippen LogP contribution in [0.4, 0.5) is 0 Å². The molecule has 1 aromatic rings. The third kappa shape index (κ3) is 4.99. The number of benzene rings is 1. The number of hydrogen-bond acceptors (Lipinski definition) is 4. The predicted octanol–water partition coefficient (Wildman–Crippen LogP) is 1.77. The first-order chi connectivity index (χ1) is 9.04. The summed E-state index contributed by atoms with van der Waals surface area (Å²) >= 11 is 0. The van der Waals surface area contributed by atoms with Gasteiger partial charge in [0, 0.05) is 13.0 Å². The van der Waals surface area contributed by atoms with Crippen LogP contribution in [0.1, 0.15) is 35.7 Å². The number of esters is 1. The summed E-state index contributed by atoms with van der Waals surface area (Å²) in [4.78, 5) is 22.8. The molecule has 0 radical (unpaired) electrons. The lowest BCUT2D eigenvalue weighted by atomic mass is 10.1. The molecule has 0 fully saturated rings. The molecule has 1 aromatic carbocycles. The monoisotopic (exact) mass is 265 g/mol. The Balaban J connectivity index is 2.37. The van der Waals surface area contributed by atoms with Gasteiger partial charge in [-0.3, -0.25) is 9.59 Å². The van der Waals surface area contributed by atoms with Crippen LogP contribution in [0.3, 0.4) is 0 Å². The highest BCUT2D eigenvalue weighted by Crippen LogP contribution is 2.17. The van der Waals surface area contributed by atoms with E-state index in [1.54, 1.807) is 19.1 Å². The SMILES string of the molecule is CCOC(=O)CCCNC(=O)c1ccc(C)cc1O. The Morgan fingerprint density at radius 2 is 2.11 bits per heavy atom. The molecule has 0 unspecified atom stereocenters. The van der Waals surface area contributed by atoms with Gasteiger partial charge in [-0.25, -0.2) is 0 Å². The Morgan fingerprint density at radius 3 is 2.74 bits per heavy atom. The molecule has 0 aliphatic rings. The minimum atomic E-state index is -0.346. The van der Waals surface area contributed by atoms with Crippen LogP contribution in [0.2, 0.25) is 0 Å². The van der Waals surface area contributed by atoms with Crippen LogP contribution >= 0.6 is 0 Å². The predicted molar refractivity (Wildman–Crippen MR) is 71.0 cm³/mol. The Labute approximate surface area is 112 Å². The number of phenolic OH excluding ortho intramolecular Hbond substituents is 1. The first-order valence-electron chi connectivity index (χ1n) is 6.28. The van der Waals surface area contributed by atoms with E-state index in [1.807, 2.05) is 6.92 Å². The van der Waals surface area contributed by atoms with Gasteiger partial charge in [0.25, 0.3) is 5.91 Å². The van der Waals surface area contributed by atoms with E-state index in [4.69, 9.17) is 4.74 Å². The Morgan fingerprint density at radius 1 is 1.37 bits per heavy atom. The first-order valence-corrected chi connectivity index (χ1v) is 6.28. The standard InChI is InChI=1S/C14H19NO4/c1-3-19-13(17)5-4-8-15-14(18)11-7-6-10(2)9-12(11)16/h6-7,9,16H,3-5,8H2,1-2H3,(H,15,18). The number of rotatable bonds is 6. The lowest BCUT2D eigenvalue weighted by Crippen LogP contribution is -2.25. The van der Waals surface area contributed by atoms with Crippen LogP contribution < -0.4 is 5.32 Å². The Hall–Kier alpha value is -2.04. The highest BCUT2D eigenvalue weighted by molar-refractivity contribution is 5.96. The van der Waals surface area contributed by atoms with Gasteiger partial charge in [0.1, 0.15) is 5.75 Å². The molecular formula is C14H19NO4. The fourth-order valence-electron chi connectivity index (χ4n) is 1.60. The summed E-state index contributed by atoms with van der Waals surface area (Å²) in [6.45, 7) is 4.31. The molecule has 0 saturated heterocycles. The molecule has 0 spiro atoms. The van der Waals surface area contributed by atoms with E-state index in [0.717, 1.165) is 5.56 Å². The van der Waals surface area contributed by atoms with E-state index in [9.17, 15) is 14.7 Å². The maximum Gasteiger partial charge on any atom is 0.305 e. The third-order valence-corrected chi connectivity index (χ3v) is 2.55. The number of hydrogen-bond donors (Lipinski definition) is 2. The second-order valence-corrected chi connectivity index (χ2v) is 4.19. The van der Waals surface area contributed by atoms with Gasteiger partial charge in [-0.1, -0.05) is 6.07 Å². The minimum absolute atomic E-state index is 0.0390. The molecule has 2 N–H and O–H groups in total. The maximum atomic E-state index is 11.8. The Bertz CT molecular complexity index is 457. The van der Waals surface area contributed by atoms with E-state index in [0.29, 0.717) is 19.6 Å². The molecule has 0 bridgehead atoms. The van der Waals surface area contributed by atoms with Crippen molar-refractivity contribution in [1.82, 2.24) is 5.32 Å². The van der Waals surface area contributed by atoms with Gasteiger partial charge in [-0.2, -0.15) is 0 Å². The summed E-state index contributed by atoms with van der Waals surface area (Å²) in [5.41, 5.74) is 1.12. The van der Waals surface area contributed by atoms with Crippen molar-refractivity contribution in [3.05, 3.63) is 29.3 Å². The van der Waals surface area contributed by atoms with Crippen LogP contribution in [0.15, 0.2) is 18.2 Å². The van der Waals surface area contributed by atoms with Crippen molar-refractivity contribution in [2.75, 3.05) is 13.2 Å². The van der Waals surface area contributed by atoms with Gasteiger partial charge in [-0.15, -0.1) is 0 Å². The fraction of sp³-hybridized carbons (Fsp3) is 0.429. The zero-order chi connectivity index (χ0) is 14.3. The number of ether oxygens (including phenoxy) is 1. The van der Waals surface area contributed by atoms with E-state index >= 15 is 0 Å². The van der Waals surface area contributed by atoms with Gasteiger partial charge < -0.3 is 15.2 Å². The van der Waals surface area contributed by atoms with Gasteiger partial charge in [0.15, 0.2) is 0 Å². The summed E-state index contributed by atoms with van der Waals surface area (Å²) < 4.78 is 4.77. The quantitative estimate of drug-likeness (QED) is 0.607. The molecule has 0 aromatic heterocycles. The van der Waals surface area contributed by atoms with Gasteiger partial charge in [0.05, 0.1) is 12.2 Å². The number of aromatic hydroxyl groups is 1. The van der Waals surface area contributed by atoms with Crippen molar-refractivity contribution in [1.29, 1.82) is 0 Å². The minimum Gasteiger partial charge on any atom is -0.507 e. The van der Waals surface area contributed by atoms with Crippen molar-refractivity contribution in [2.24, 2.45) is 0 Å². The van der Waals surface area contributed by atoms with E-state index in [2.05, 4.69) is 5.32 Å². The number of nitrogens with one attached hydrogen (secondary N) is 1. The van der Waals surface area contributed by atoms with Gasteiger partial charge >= 0.3 is 5.97 Å². The molecule has 0 aliphatic heterocycles. The largest absolute Gasteiger partial charge is 0.507 e. The number of amides is 1. The molecule has 0 atom stereocenters. The lowest BCUT2D eigenvalue weighted by Gasteiger charge is -2.07. The van der Waals surface area contributed by atoms with E-state index in [1.165, 1.54) is 6.07 Å². The summed E-state index contributed by atoms with van der Waals surface area (Å²) in [6, 6.07) is 4.87. The molecule has 0 heterocycles. The summed E-state index contributed by atoms with van der Waals surface area (Å²) in [7, 11) is 0. The molecular weight excluding hydrogens is 246 g/mol. The maximum absolute atomic E-state index is 11.8. The molecule has 1 amide bonds. The summed E-state index contributed by atoms with van der Waals surface area (Å²) in [5.74, 6) is -0.654. The summed E-state index contributed by atoms with van der Waals surface area (Å²) in [6.07, 6.45) is 0.783. The van der Waals surface area contributed by atoms with Gasteiger partial charge in [0.2, 0.25) is 0 Å². The van der Waals surface area contributed by atoms with Crippen LogP contribution in [-0.4, -0.2) is 30.1 Å². The molecule has 104 valence electrons. The average Bonchev–Trinajstić information content (AvgIpc) is 2.34. The molecule has 0 saturated carbocycles. The Kier molecular flexibility index (Phi) is 5.85. The second-order valence-electron chi connectivity index (χ2n) is 4.19. The van der Waals surface area contributed by atoms with Gasteiger partial charge in [-0.05, 0) is 38.0 Å². The topological polar surface area (TPSA) is 75.6 Å². The fourth-order valence-corrected chi connectivity index (χ4v) is 1.60. The lowest BCUT2D eigenvalue weighted by molar-refractivity contribution is -0.143. The smallest absolute Gasteiger partial charge is 0.305 e.